The van der Waals surface area contributed by atoms with Gasteiger partial charge in [-0.15, -0.1) is 0 Å². The monoisotopic (exact) mass is 352 g/mol. The van der Waals surface area contributed by atoms with Crippen molar-refractivity contribution < 1.29 is 16.8 Å². The number of nitrogens with one attached hydrogen (secondary N) is 1. The summed E-state index contributed by atoms with van der Waals surface area (Å²) in [5.74, 6) is 0. The lowest BCUT2D eigenvalue weighted by Gasteiger charge is -2.19. The molecule has 23 heavy (non-hydrogen) atoms. The van der Waals surface area contributed by atoms with Crippen molar-refractivity contribution in [2.75, 3.05) is 17.9 Å². The van der Waals surface area contributed by atoms with Crippen LogP contribution in [0.1, 0.15) is 5.56 Å². The van der Waals surface area contributed by atoms with Crippen LogP contribution in [0, 0.1) is 0 Å². The molecular formula is C15H16N2O4S2. The van der Waals surface area contributed by atoms with Crippen molar-refractivity contribution in [3.8, 4) is 0 Å². The van der Waals surface area contributed by atoms with E-state index in [1.807, 2.05) is 0 Å². The van der Waals surface area contributed by atoms with Crippen molar-refractivity contribution in [3.63, 3.8) is 0 Å². The molecule has 122 valence electrons. The van der Waals surface area contributed by atoms with Gasteiger partial charge in [0.05, 0.1) is 15.5 Å². The first kappa shape index (κ1) is 16.0. The summed E-state index contributed by atoms with van der Waals surface area (Å²) >= 11 is 0. The van der Waals surface area contributed by atoms with E-state index in [4.69, 9.17) is 0 Å². The molecule has 1 N–H and O–H groups in total. The zero-order valence-electron chi connectivity index (χ0n) is 12.4. The summed E-state index contributed by atoms with van der Waals surface area (Å²) in [5, 5.41) is 0. The Morgan fingerprint density at radius 3 is 2.30 bits per heavy atom. The van der Waals surface area contributed by atoms with Crippen LogP contribution >= 0.6 is 0 Å². The molecule has 0 saturated carbocycles. The summed E-state index contributed by atoms with van der Waals surface area (Å²) < 4.78 is 52.8. The second kappa shape index (κ2) is 5.63. The fraction of sp³-hybridized carbons (Fsp3) is 0.200. The van der Waals surface area contributed by atoms with E-state index in [-0.39, 0.29) is 9.79 Å². The molecule has 0 unspecified atom stereocenters. The van der Waals surface area contributed by atoms with E-state index in [1.54, 1.807) is 36.4 Å². The molecule has 0 fully saturated rings. The van der Waals surface area contributed by atoms with Crippen LogP contribution in [0.5, 0.6) is 0 Å². The van der Waals surface area contributed by atoms with E-state index in [1.165, 1.54) is 23.5 Å². The summed E-state index contributed by atoms with van der Waals surface area (Å²) in [6.45, 7) is 0.301. The van der Waals surface area contributed by atoms with Crippen LogP contribution in [-0.4, -0.2) is 30.4 Å². The number of fused-ring (bicyclic) bond motifs is 1. The van der Waals surface area contributed by atoms with Gasteiger partial charge in [-0.25, -0.2) is 21.6 Å². The van der Waals surface area contributed by atoms with E-state index in [0.29, 0.717) is 24.2 Å². The maximum atomic E-state index is 12.7. The van der Waals surface area contributed by atoms with Crippen LogP contribution in [0.2, 0.25) is 0 Å². The molecule has 3 rings (SSSR count). The Hall–Kier alpha value is -1.90. The molecule has 0 saturated heterocycles. The summed E-state index contributed by atoms with van der Waals surface area (Å²) in [5.41, 5.74) is 1.24. The van der Waals surface area contributed by atoms with E-state index >= 15 is 0 Å². The molecule has 6 nitrogen and oxygen atoms in total. The third kappa shape index (κ3) is 2.73. The van der Waals surface area contributed by atoms with Gasteiger partial charge in [0.2, 0.25) is 10.0 Å². The van der Waals surface area contributed by atoms with Crippen LogP contribution in [0.15, 0.2) is 58.3 Å². The van der Waals surface area contributed by atoms with E-state index in [9.17, 15) is 16.8 Å². The fourth-order valence-electron chi connectivity index (χ4n) is 2.60. The minimum atomic E-state index is -3.64. The molecule has 0 aliphatic carbocycles. The predicted octanol–water partition coefficient (Wildman–Crippen LogP) is 1.35. The first-order valence-corrected chi connectivity index (χ1v) is 9.93. The Morgan fingerprint density at radius 2 is 1.65 bits per heavy atom. The van der Waals surface area contributed by atoms with Crippen molar-refractivity contribution >= 4 is 25.7 Å². The molecule has 2 aromatic rings. The first-order valence-electron chi connectivity index (χ1n) is 7.00. The number of rotatable bonds is 4. The fourth-order valence-corrected chi connectivity index (χ4v) is 4.91. The average Bonchev–Trinajstić information content (AvgIpc) is 2.99. The van der Waals surface area contributed by atoms with Gasteiger partial charge in [-0.05, 0) is 49.4 Å². The Kier molecular flexibility index (Phi) is 3.91. The second-order valence-electron chi connectivity index (χ2n) is 5.14. The minimum absolute atomic E-state index is 0.137. The number of sulfonamides is 2. The lowest BCUT2D eigenvalue weighted by atomic mass is 10.2. The van der Waals surface area contributed by atoms with Crippen molar-refractivity contribution in [1.82, 2.24) is 4.72 Å². The number of nitrogens with zero attached hydrogens (tertiary/aromatic N) is 1. The van der Waals surface area contributed by atoms with Crippen molar-refractivity contribution in [2.45, 2.75) is 16.2 Å². The second-order valence-corrected chi connectivity index (χ2v) is 8.89. The highest BCUT2D eigenvalue weighted by Crippen LogP contribution is 2.34. The van der Waals surface area contributed by atoms with Gasteiger partial charge >= 0.3 is 0 Å². The molecule has 0 spiro atoms. The van der Waals surface area contributed by atoms with Crippen LogP contribution in [-0.2, 0) is 26.5 Å². The number of benzene rings is 2. The topological polar surface area (TPSA) is 83.6 Å². The van der Waals surface area contributed by atoms with Crippen LogP contribution in [0.4, 0.5) is 5.69 Å². The highest BCUT2D eigenvalue weighted by atomic mass is 32.2. The smallest absolute Gasteiger partial charge is 0.264 e. The lowest BCUT2D eigenvalue weighted by molar-refractivity contribution is 0.587. The van der Waals surface area contributed by atoms with E-state index in [2.05, 4.69) is 4.72 Å². The summed E-state index contributed by atoms with van der Waals surface area (Å²) in [7, 11) is -5.84. The highest BCUT2D eigenvalue weighted by molar-refractivity contribution is 7.92. The number of hydrogen-bond acceptors (Lipinski definition) is 4. The molecule has 0 atom stereocenters. The SMILES string of the molecule is CNS(=O)(=O)c1ccc2c(c1)CCN2S(=O)(=O)c1ccccc1. The zero-order chi connectivity index (χ0) is 16.7. The third-order valence-corrected chi connectivity index (χ3v) is 7.05. The molecule has 8 heteroatoms. The normalized spacial score (nSPS) is 14.7. The molecule has 0 amide bonds. The van der Waals surface area contributed by atoms with Gasteiger partial charge in [0.15, 0.2) is 0 Å². The molecule has 0 aromatic heterocycles. The van der Waals surface area contributed by atoms with Gasteiger partial charge in [0, 0.05) is 6.54 Å². The van der Waals surface area contributed by atoms with Gasteiger partial charge in [-0.3, -0.25) is 4.31 Å². The van der Waals surface area contributed by atoms with Crippen molar-refractivity contribution in [2.24, 2.45) is 0 Å². The predicted molar refractivity (Wildman–Crippen MR) is 87.4 cm³/mol. The summed E-state index contributed by atoms with van der Waals surface area (Å²) in [4.78, 5) is 0.359. The maximum Gasteiger partial charge on any atom is 0.264 e. The lowest BCUT2D eigenvalue weighted by Crippen LogP contribution is -2.29. The van der Waals surface area contributed by atoms with Crippen molar-refractivity contribution in [3.05, 3.63) is 54.1 Å². The van der Waals surface area contributed by atoms with Gasteiger partial charge < -0.3 is 0 Å². The Morgan fingerprint density at radius 1 is 0.957 bits per heavy atom. The van der Waals surface area contributed by atoms with Crippen LogP contribution < -0.4 is 9.03 Å². The van der Waals surface area contributed by atoms with Crippen LogP contribution in [0.3, 0.4) is 0 Å². The molecule has 1 heterocycles. The van der Waals surface area contributed by atoms with E-state index < -0.39 is 20.0 Å². The van der Waals surface area contributed by atoms with Gasteiger partial charge in [-0.1, -0.05) is 18.2 Å². The number of hydrogen-bond donors (Lipinski definition) is 1. The molecule has 2 aromatic carbocycles. The van der Waals surface area contributed by atoms with Gasteiger partial charge in [0.25, 0.3) is 10.0 Å². The Balaban J connectivity index is 2.04. The van der Waals surface area contributed by atoms with E-state index in [0.717, 1.165) is 0 Å². The molecule has 0 bridgehead atoms. The molecule has 1 aliphatic rings. The Bertz CT molecular complexity index is 939. The highest BCUT2D eigenvalue weighted by Gasteiger charge is 2.31. The number of anilines is 1. The third-order valence-electron chi connectivity index (χ3n) is 3.81. The average molecular weight is 352 g/mol. The molecular weight excluding hydrogens is 336 g/mol. The van der Waals surface area contributed by atoms with Gasteiger partial charge in [0.1, 0.15) is 0 Å². The standard InChI is InChI=1S/C15H16N2O4S2/c1-16-22(18,19)14-7-8-15-12(11-14)9-10-17(15)23(20,21)13-5-3-2-4-6-13/h2-8,11,16H,9-10H2,1H3. The molecule has 1 aliphatic heterocycles. The summed E-state index contributed by atoms with van der Waals surface area (Å²) in [6, 6.07) is 12.7. The maximum absolute atomic E-state index is 12.7. The van der Waals surface area contributed by atoms with Gasteiger partial charge in [-0.2, -0.15) is 0 Å². The Labute approximate surface area is 135 Å². The quantitative estimate of drug-likeness (QED) is 0.900. The van der Waals surface area contributed by atoms with Crippen LogP contribution in [0.25, 0.3) is 0 Å². The minimum Gasteiger partial charge on any atom is -0.266 e. The summed E-state index contributed by atoms with van der Waals surface area (Å²) in [6.07, 6.45) is 0.481. The molecule has 0 radical (unpaired) electrons. The first-order chi connectivity index (χ1) is 10.9. The zero-order valence-corrected chi connectivity index (χ0v) is 14.1. The largest absolute Gasteiger partial charge is 0.266 e. The van der Waals surface area contributed by atoms with Crippen molar-refractivity contribution in [1.29, 1.82) is 0 Å².